The fraction of sp³-hybridized carbons (Fsp3) is 0.444. The Morgan fingerprint density at radius 3 is 2.62 bits per heavy atom. The maximum absolute atomic E-state index is 12.5. The number of fused-ring (bicyclic) bond motifs is 1. The SMILES string of the molecule is C=CCN1C[C@]2(C(=O)O)CN(Cc3ccc(OC(F)F)cc3)C[C@@H]2C1=O. The number of carboxylic acid groups (broad SMARTS) is 1. The summed E-state index contributed by atoms with van der Waals surface area (Å²) >= 11 is 0. The van der Waals surface area contributed by atoms with E-state index < -0.39 is 23.9 Å². The maximum atomic E-state index is 12.5. The zero-order valence-corrected chi connectivity index (χ0v) is 14.1. The Kier molecular flexibility index (Phi) is 4.95. The molecule has 0 spiro atoms. The molecule has 140 valence electrons. The summed E-state index contributed by atoms with van der Waals surface area (Å²) in [4.78, 5) is 27.9. The topological polar surface area (TPSA) is 70.1 Å². The summed E-state index contributed by atoms with van der Waals surface area (Å²) in [6.45, 7) is 2.31. The van der Waals surface area contributed by atoms with Gasteiger partial charge in [0, 0.05) is 32.7 Å². The monoisotopic (exact) mass is 366 g/mol. The van der Waals surface area contributed by atoms with Gasteiger partial charge in [-0.05, 0) is 17.7 Å². The van der Waals surface area contributed by atoms with E-state index in [1.54, 1.807) is 23.1 Å². The molecule has 0 radical (unpaired) electrons. The summed E-state index contributed by atoms with van der Waals surface area (Å²) in [7, 11) is 0. The average Bonchev–Trinajstić information content (AvgIpc) is 3.05. The molecular weight excluding hydrogens is 346 g/mol. The first-order chi connectivity index (χ1) is 12.4. The molecule has 2 fully saturated rings. The predicted molar refractivity (Wildman–Crippen MR) is 88.7 cm³/mol. The number of carbonyl (C=O) groups is 2. The first-order valence-corrected chi connectivity index (χ1v) is 8.25. The second-order valence-electron chi connectivity index (χ2n) is 6.71. The highest BCUT2D eigenvalue weighted by Crippen LogP contribution is 2.44. The minimum absolute atomic E-state index is 0.0688. The highest BCUT2D eigenvalue weighted by molar-refractivity contribution is 5.92. The highest BCUT2D eigenvalue weighted by Gasteiger charge is 2.61. The molecule has 1 aromatic carbocycles. The molecule has 2 saturated heterocycles. The number of hydrogen-bond acceptors (Lipinski definition) is 4. The summed E-state index contributed by atoms with van der Waals surface area (Å²) in [5.74, 6) is -1.64. The van der Waals surface area contributed by atoms with Crippen LogP contribution in [-0.2, 0) is 16.1 Å². The molecule has 0 aromatic heterocycles. The molecule has 26 heavy (non-hydrogen) atoms. The Balaban J connectivity index is 1.70. The van der Waals surface area contributed by atoms with Crippen molar-refractivity contribution in [2.75, 3.05) is 26.2 Å². The van der Waals surface area contributed by atoms with Gasteiger partial charge in [0.15, 0.2) is 0 Å². The van der Waals surface area contributed by atoms with Gasteiger partial charge in [-0.3, -0.25) is 14.5 Å². The number of alkyl halides is 2. The third-order valence-electron chi connectivity index (χ3n) is 5.03. The van der Waals surface area contributed by atoms with E-state index >= 15 is 0 Å². The van der Waals surface area contributed by atoms with Crippen LogP contribution in [0.3, 0.4) is 0 Å². The molecule has 2 aliphatic heterocycles. The van der Waals surface area contributed by atoms with Crippen molar-refractivity contribution in [2.24, 2.45) is 11.3 Å². The smallest absolute Gasteiger partial charge is 0.387 e. The molecule has 2 aliphatic rings. The molecular formula is C18H20F2N2O4. The number of carbonyl (C=O) groups excluding carboxylic acids is 1. The molecule has 0 aliphatic carbocycles. The third-order valence-corrected chi connectivity index (χ3v) is 5.03. The molecule has 0 bridgehead atoms. The number of carboxylic acids is 1. The highest BCUT2D eigenvalue weighted by atomic mass is 19.3. The van der Waals surface area contributed by atoms with E-state index in [2.05, 4.69) is 11.3 Å². The van der Waals surface area contributed by atoms with Crippen LogP contribution in [0.15, 0.2) is 36.9 Å². The Bertz CT molecular complexity index is 710. The molecule has 2 atom stereocenters. The van der Waals surface area contributed by atoms with Gasteiger partial charge in [-0.15, -0.1) is 6.58 Å². The van der Waals surface area contributed by atoms with Gasteiger partial charge in [0.05, 0.1) is 5.92 Å². The van der Waals surface area contributed by atoms with E-state index in [0.29, 0.717) is 19.6 Å². The second-order valence-corrected chi connectivity index (χ2v) is 6.71. The van der Waals surface area contributed by atoms with Crippen LogP contribution >= 0.6 is 0 Å². The molecule has 2 heterocycles. The van der Waals surface area contributed by atoms with E-state index in [1.165, 1.54) is 12.1 Å². The van der Waals surface area contributed by atoms with Crippen molar-refractivity contribution in [3.63, 3.8) is 0 Å². The van der Waals surface area contributed by atoms with Gasteiger partial charge in [-0.25, -0.2) is 0 Å². The summed E-state index contributed by atoms with van der Waals surface area (Å²) in [5.41, 5.74) is -0.277. The van der Waals surface area contributed by atoms with Gasteiger partial charge < -0.3 is 14.7 Å². The summed E-state index contributed by atoms with van der Waals surface area (Å²) in [6, 6.07) is 6.21. The van der Waals surface area contributed by atoms with Crippen molar-refractivity contribution in [3.8, 4) is 5.75 Å². The lowest BCUT2D eigenvalue weighted by Gasteiger charge is -2.24. The van der Waals surface area contributed by atoms with Crippen molar-refractivity contribution in [1.29, 1.82) is 0 Å². The van der Waals surface area contributed by atoms with Gasteiger partial charge in [0.25, 0.3) is 0 Å². The molecule has 0 unspecified atom stereocenters. The van der Waals surface area contributed by atoms with Crippen molar-refractivity contribution < 1.29 is 28.2 Å². The van der Waals surface area contributed by atoms with E-state index in [9.17, 15) is 23.5 Å². The van der Waals surface area contributed by atoms with Crippen molar-refractivity contribution in [3.05, 3.63) is 42.5 Å². The number of benzene rings is 1. The molecule has 1 aromatic rings. The molecule has 3 rings (SSSR count). The molecule has 1 N–H and O–H groups in total. The zero-order chi connectivity index (χ0) is 18.9. The van der Waals surface area contributed by atoms with Gasteiger partial charge in [-0.2, -0.15) is 8.78 Å². The normalized spacial score (nSPS) is 25.6. The van der Waals surface area contributed by atoms with Crippen LogP contribution in [0.1, 0.15) is 5.56 Å². The van der Waals surface area contributed by atoms with Crippen LogP contribution in [0.2, 0.25) is 0 Å². The number of halogens is 2. The number of nitrogens with zero attached hydrogens (tertiary/aromatic N) is 2. The Labute approximate surface area is 149 Å². The Morgan fingerprint density at radius 2 is 2.08 bits per heavy atom. The quantitative estimate of drug-likeness (QED) is 0.746. The van der Waals surface area contributed by atoms with Crippen LogP contribution in [0.4, 0.5) is 8.78 Å². The van der Waals surface area contributed by atoms with E-state index in [0.717, 1.165) is 5.56 Å². The largest absolute Gasteiger partial charge is 0.481 e. The second kappa shape index (κ2) is 7.03. The van der Waals surface area contributed by atoms with E-state index in [-0.39, 0.29) is 24.7 Å². The number of ether oxygens (including phenoxy) is 1. The predicted octanol–water partition coefficient (Wildman–Crippen LogP) is 1.82. The van der Waals surface area contributed by atoms with E-state index in [4.69, 9.17) is 0 Å². The first-order valence-electron chi connectivity index (χ1n) is 8.25. The minimum Gasteiger partial charge on any atom is -0.481 e. The van der Waals surface area contributed by atoms with Crippen LogP contribution in [0.5, 0.6) is 5.75 Å². The summed E-state index contributed by atoms with van der Waals surface area (Å²) < 4.78 is 28.7. The lowest BCUT2D eigenvalue weighted by atomic mass is 9.81. The van der Waals surface area contributed by atoms with Crippen molar-refractivity contribution in [2.45, 2.75) is 13.2 Å². The summed E-state index contributed by atoms with van der Waals surface area (Å²) in [6.07, 6.45) is 1.59. The molecule has 8 heteroatoms. The van der Waals surface area contributed by atoms with Crippen LogP contribution < -0.4 is 4.74 Å². The maximum Gasteiger partial charge on any atom is 0.387 e. The fourth-order valence-corrected chi connectivity index (χ4v) is 3.87. The van der Waals surface area contributed by atoms with E-state index in [1.807, 2.05) is 4.90 Å². The first kappa shape index (κ1) is 18.3. The third kappa shape index (κ3) is 3.29. The minimum atomic E-state index is -2.88. The number of likely N-dealkylation sites (tertiary alicyclic amines) is 2. The lowest BCUT2D eigenvalue weighted by molar-refractivity contribution is -0.149. The van der Waals surface area contributed by atoms with Crippen LogP contribution in [0, 0.1) is 11.3 Å². The van der Waals surface area contributed by atoms with Gasteiger partial charge in [-0.1, -0.05) is 18.2 Å². The number of rotatable bonds is 7. The number of amides is 1. The van der Waals surface area contributed by atoms with Gasteiger partial charge >= 0.3 is 12.6 Å². The number of aliphatic carboxylic acids is 1. The standard InChI is InChI=1S/C18H20F2N2O4/c1-2-7-22-11-18(16(24)25)10-21(9-14(18)15(22)23)8-12-3-5-13(6-4-12)26-17(19)20/h2-6,14,17H,1,7-11H2,(H,24,25)/t14-,18-/m1/s1. The average molecular weight is 366 g/mol. The fourth-order valence-electron chi connectivity index (χ4n) is 3.87. The molecule has 0 saturated carbocycles. The van der Waals surface area contributed by atoms with Gasteiger partial charge in [0.1, 0.15) is 11.2 Å². The zero-order valence-electron chi connectivity index (χ0n) is 14.1. The van der Waals surface area contributed by atoms with Crippen LogP contribution in [0.25, 0.3) is 0 Å². The van der Waals surface area contributed by atoms with Gasteiger partial charge in [0.2, 0.25) is 5.91 Å². The summed E-state index contributed by atoms with van der Waals surface area (Å²) in [5, 5.41) is 9.76. The Hall–Kier alpha value is -2.48. The number of hydrogen-bond donors (Lipinski definition) is 1. The van der Waals surface area contributed by atoms with Crippen LogP contribution in [-0.4, -0.2) is 59.6 Å². The lowest BCUT2D eigenvalue weighted by Crippen LogP contribution is -2.40. The molecule has 1 amide bonds. The van der Waals surface area contributed by atoms with Crippen molar-refractivity contribution >= 4 is 11.9 Å². The van der Waals surface area contributed by atoms with Crippen molar-refractivity contribution in [1.82, 2.24) is 9.80 Å². The Morgan fingerprint density at radius 1 is 1.38 bits per heavy atom. The molecule has 6 nitrogen and oxygen atoms in total.